The summed E-state index contributed by atoms with van der Waals surface area (Å²) in [6.07, 6.45) is 5.18. The molecule has 1 aliphatic rings. The Labute approximate surface area is 86.2 Å². The van der Waals surface area contributed by atoms with E-state index >= 15 is 0 Å². The van der Waals surface area contributed by atoms with Crippen molar-refractivity contribution in [3.05, 3.63) is 0 Å². The van der Waals surface area contributed by atoms with Gasteiger partial charge in [0.15, 0.2) is 0 Å². The standard InChI is InChI=1S/C10H22N2S/c1-12(7-4-2-3-6-11)10-5-8-13-9-10/h10H,2-9,11H2,1H3. The van der Waals surface area contributed by atoms with Crippen LogP contribution >= 0.6 is 11.8 Å². The van der Waals surface area contributed by atoms with E-state index in [9.17, 15) is 0 Å². The highest BCUT2D eigenvalue weighted by atomic mass is 32.2. The summed E-state index contributed by atoms with van der Waals surface area (Å²) in [5.74, 6) is 2.70. The molecule has 0 aromatic carbocycles. The molecular formula is C10H22N2S. The highest BCUT2D eigenvalue weighted by Gasteiger charge is 2.18. The average Bonchev–Trinajstić information content (AvgIpc) is 2.65. The third-order valence-electron chi connectivity index (χ3n) is 2.74. The molecule has 0 spiro atoms. The van der Waals surface area contributed by atoms with Crippen LogP contribution in [0.5, 0.6) is 0 Å². The number of rotatable bonds is 6. The van der Waals surface area contributed by atoms with E-state index in [1.807, 2.05) is 0 Å². The van der Waals surface area contributed by atoms with Crippen LogP contribution < -0.4 is 5.73 Å². The van der Waals surface area contributed by atoms with E-state index in [-0.39, 0.29) is 0 Å². The first kappa shape index (κ1) is 11.3. The molecule has 1 saturated heterocycles. The zero-order chi connectivity index (χ0) is 9.52. The molecule has 78 valence electrons. The zero-order valence-corrected chi connectivity index (χ0v) is 9.48. The Bertz CT molecular complexity index is 124. The van der Waals surface area contributed by atoms with Crippen molar-refractivity contribution in [1.82, 2.24) is 4.90 Å². The van der Waals surface area contributed by atoms with Gasteiger partial charge in [0.05, 0.1) is 0 Å². The molecule has 0 aliphatic carbocycles. The van der Waals surface area contributed by atoms with Crippen LogP contribution in [0.15, 0.2) is 0 Å². The van der Waals surface area contributed by atoms with E-state index in [1.165, 1.54) is 43.7 Å². The number of nitrogens with zero attached hydrogens (tertiary/aromatic N) is 1. The van der Waals surface area contributed by atoms with Crippen LogP contribution in [0, 0.1) is 0 Å². The molecule has 0 bridgehead atoms. The van der Waals surface area contributed by atoms with Crippen molar-refractivity contribution in [2.24, 2.45) is 5.73 Å². The minimum atomic E-state index is 0.850. The normalized spacial score (nSPS) is 22.8. The van der Waals surface area contributed by atoms with Crippen molar-refractivity contribution in [1.29, 1.82) is 0 Å². The summed E-state index contributed by atoms with van der Waals surface area (Å²) in [5.41, 5.74) is 5.45. The van der Waals surface area contributed by atoms with Crippen molar-refractivity contribution in [3.8, 4) is 0 Å². The van der Waals surface area contributed by atoms with Crippen LogP contribution in [-0.2, 0) is 0 Å². The maximum Gasteiger partial charge on any atom is 0.0191 e. The summed E-state index contributed by atoms with van der Waals surface area (Å²) in [6, 6.07) is 0.850. The average molecular weight is 202 g/mol. The lowest BCUT2D eigenvalue weighted by Crippen LogP contribution is -2.32. The lowest BCUT2D eigenvalue weighted by atomic mass is 10.2. The predicted octanol–water partition coefficient (Wildman–Crippen LogP) is 1.55. The number of hydrogen-bond donors (Lipinski definition) is 1. The van der Waals surface area contributed by atoms with E-state index < -0.39 is 0 Å². The first-order valence-corrected chi connectivity index (χ1v) is 6.48. The Hall–Kier alpha value is 0.270. The van der Waals surface area contributed by atoms with Crippen molar-refractivity contribution in [3.63, 3.8) is 0 Å². The Balaban J connectivity index is 1.99. The summed E-state index contributed by atoms with van der Waals surface area (Å²) < 4.78 is 0. The minimum absolute atomic E-state index is 0.850. The van der Waals surface area contributed by atoms with Gasteiger partial charge < -0.3 is 10.6 Å². The van der Waals surface area contributed by atoms with E-state index in [2.05, 4.69) is 23.7 Å². The molecule has 13 heavy (non-hydrogen) atoms. The Morgan fingerprint density at radius 3 is 2.85 bits per heavy atom. The molecule has 1 unspecified atom stereocenters. The second kappa shape index (κ2) is 6.68. The van der Waals surface area contributed by atoms with Gasteiger partial charge >= 0.3 is 0 Å². The summed E-state index contributed by atoms with van der Waals surface area (Å²) in [5, 5.41) is 0. The van der Waals surface area contributed by atoms with Gasteiger partial charge in [-0.15, -0.1) is 0 Å². The Morgan fingerprint density at radius 1 is 1.38 bits per heavy atom. The van der Waals surface area contributed by atoms with E-state index in [1.54, 1.807) is 0 Å². The molecule has 1 fully saturated rings. The molecule has 1 heterocycles. The highest BCUT2D eigenvalue weighted by Crippen LogP contribution is 2.21. The topological polar surface area (TPSA) is 29.3 Å². The van der Waals surface area contributed by atoms with Crippen molar-refractivity contribution < 1.29 is 0 Å². The summed E-state index contributed by atoms with van der Waals surface area (Å²) >= 11 is 2.09. The first-order valence-electron chi connectivity index (χ1n) is 5.32. The molecule has 3 heteroatoms. The van der Waals surface area contributed by atoms with Crippen LogP contribution in [0.2, 0.25) is 0 Å². The van der Waals surface area contributed by atoms with Gasteiger partial charge in [-0.25, -0.2) is 0 Å². The fourth-order valence-electron chi connectivity index (χ4n) is 1.73. The van der Waals surface area contributed by atoms with Crippen LogP contribution in [0.4, 0.5) is 0 Å². The lowest BCUT2D eigenvalue weighted by Gasteiger charge is -2.23. The fraction of sp³-hybridized carbons (Fsp3) is 1.00. The molecule has 0 aromatic rings. The largest absolute Gasteiger partial charge is 0.330 e. The quantitative estimate of drug-likeness (QED) is 0.663. The zero-order valence-electron chi connectivity index (χ0n) is 8.67. The van der Waals surface area contributed by atoms with Gasteiger partial charge in [-0.3, -0.25) is 0 Å². The molecule has 0 saturated carbocycles. The number of thioether (sulfide) groups is 1. The summed E-state index contributed by atoms with van der Waals surface area (Å²) in [6.45, 7) is 2.11. The number of nitrogens with two attached hydrogens (primary N) is 1. The summed E-state index contributed by atoms with van der Waals surface area (Å²) in [7, 11) is 2.26. The van der Waals surface area contributed by atoms with Gasteiger partial charge in [-0.2, -0.15) is 11.8 Å². The number of hydrogen-bond acceptors (Lipinski definition) is 3. The van der Waals surface area contributed by atoms with Crippen LogP contribution in [0.1, 0.15) is 25.7 Å². The van der Waals surface area contributed by atoms with Crippen LogP contribution in [0.3, 0.4) is 0 Å². The Morgan fingerprint density at radius 2 is 2.23 bits per heavy atom. The van der Waals surface area contributed by atoms with Crippen molar-refractivity contribution in [2.75, 3.05) is 31.6 Å². The molecule has 1 aliphatic heterocycles. The van der Waals surface area contributed by atoms with Gasteiger partial charge in [0.1, 0.15) is 0 Å². The molecule has 2 N–H and O–H groups in total. The molecule has 0 amide bonds. The van der Waals surface area contributed by atoms with Gasteiger partial charge in [0, 0.05) is 11.8 Å². The predicted molar refractivity (Wildman–Crippen MR) is 61.3 cm³/mol. The maximum atomic E-state index is 5.45. The highest BCUT2D eigenvalue weighted by molar-refractivity contribution is 7.99. The second-order valence-corrected chi connectivity index (χ2v) is 5.00. The van der Waals surface area contributed by atoms with Crippen molar-refractivity contribution >= 4 is 11.8 Å². The smallest absolute Gasteiger partial charge is 0.0191 e. The van der Waals surface area contributed by atoms with Gasteiger partial charge in [0.25, 0.3) is 0 Å². The van der Waals surface area contributed by atoms with Gasteiger partial charge in [0.2, 0.25) is 0 Å². The lowest BCUT2D eigenvalue weighted by molar-refractivity contribution is 0.257. The maximum absolute atomic E-state index is 5.45. The van der Waals surface area contributed by atoms with Crippen LogP contribution in [-0.4, -0.2) is 42.6 Å². The van der Waals surface area contributed by atoms with E-state index in [4.69, 9.17) is 5.73 Å². The number of unbranched alkanes of at least 4 members (excludes halogenated alkanes) is 2. The van der Waals surface area contributed by atoms with E-state index in [0.717, 1.165) is 12.6 Å². The minimum Gasteiger partial charge on any atom is -0.330 e. The second-order valence-electron chi connectivity index (χ2n) is 3.85. The van der Waals surface area contributed by atoms with Crippen molar-refractivity contribution in [2.45, 2.75) is 31.7 Å². The molecule has 1 rings (SSSR count). The Kier molecular flexibility index (Phi) is 5.83. The molecule has 1 atom stereocenters. The SMILES string of the molecule is CN(CCCCCN)C1CCSC1. The molecule has 2 nitrogen and oxygen atoms in total. The molecule has 0 aromatic heterocycles. The monoisotopic (exact) mass is 202 g/mol. The summed E-state index contributed by atoms with van der Waals surface area (Å²) in [4.78, 5) is 2.52. The van der Waals surface area contributed by atoms with Crippen LogP contribution in [0.25, 0.3) is 0 Å². The fourth-order valence-corrected chi connectivity index (χ4v) is 3.03. The molecular weight excluding hydrogens is 180 g/mol. The molecule has 0 radical (unpaired) electrons. The van der Waals surface area contributed by atoms with Gasteiger partial charge in [-0.05, 0) is 45.2 Å². The van der Waals surface area contributed by atoms with E-state index in [0.29, 0.717) is 0 Å². The first-order chi connectivity index (χ1) is 6.34. The third kappa shape index (κ3) is 4.34. The van der Waals surface area contributed by atoms with Gasteiger partial charge in [-0.1, -0.05) is 6.42 Å². The third-order valence-corrected chi connectivity index (χ3v) is 3.89.